The van der Waals surface area contributed by atoms with E-state index >= 15 is 0 Å². The number of nitrogens with zero attached hydrogens (tertiary/aromatic N) is 2. The number of amides is 1. The molecule has 0 heterocycles. The Morgan fingerprint density at radius 3 is 2.32 bits per heavy atom. The smallest absolute Gasteiger partial charge is 0.264 e. The summed E-state index contributed by atoms with van der Waals surface area (Å²) < 4.78 is 34.9. The van der Waals surface area contributed by atoms with Crippen LogP contribution in [0.15, 0.2) is 81.2 Å². The Hall–Kier alpha value is -2.44. The summed E-state index contributed by atoms with van der Waals surface area (Å²) in [6, 6.07) is 19.0. The SMILES string of the molecule is COc1ccc(S(=O)(=O)N(CC(=O)N/N=C(/C)c2ccc(I)cc2)c2ccc(C)cc2)cc1Br. The van der Waals surface area contributed by atoms with Gasteiger partial charge in [0.25, 0.3) is 15.9 Å². The zero-order valence-electron chi connectivity index (χ0n) is 18.7. The highest BCUT2D eigenvalue weighted by Crippen LogP contribution is 2.30. The zero-order valence-corrected chi connectivity index (χ0v) is 23.3. The summed E-state index contributed by atoms with van der Waals surface area (Å²) >= 11 is 5.54. The van der Waals surface area contributed by atoms with Crippen LogP contribution in [0.3, 0.4) is 0 Å². The molecule has 0 spiro atoms. The lowest BCUT2D eigenvalue weighted by Crippen LogP contribution is -2.39. The van der Waals surface area contributed by atoms with Gasteiger partial charge in [-0.05, 0) is 100 Å². The number of carbonyl (C=O) groups is 1. The van der Waals surface area contributed by atoms with Crippen LogP contribution in [-0.4, -0.2) is 33.7 Å². The molecule has 0 radical (unpaired) electrons. The quantitative estimate of drug-likeness (QED) is 0.208. The van der Waals surface area contributed by atoms with E-state index in [1.54, 1.807) is 37.3 Å². The average molecular weight is 656 g/mol. The monoisotopic (exact) mass is 655 g/mol. The fraction of sp³-hybridized carbons (Fsp3) is 0.167. The molecule has 0 aromatic heterocycles. The van der Waals surface area contributed by atoms with Gasteiger partial charge >= 0.3 is 0 Å². The molecule has 0 atom stereocenters. The van der Waals surface area contributed by atoms with Crippen LogP contribution in [0, 0.1) is 10.5 Å². The van der Waals surface area contributed by atoms with Crippen molar-refractivity contribution in [3.63, 3.8) is 0 Å². The van der Waals surface area contributed by atoms with E-state index in [0.29, 0.717) is 21.6 Å². The summed E-state index contributed by atoms with van der Waals surface area (Å²) in [5.41, 5.74) is 5.27. The van der Waals surface area contributed by atoms with Gasteiger partial charge in [0.05, 0.1) is 27.9 Å². The minimum absolute atomic E-state index is 0.0205. The average Bonchev–Trinajstić information content (AvgIpc) is 2.82. The highest BCUT2D eigenvalue weighted by molar-refractivity contribution is 14.1. The highest BCUT2D eigenvalue weighted by Gasteiger charge is 2.28. The summed E-state index contributed by atoms with van der Waals surface area (Å²) in [4.78, 5) is 12.8. The van der Waals surface area contributed by atoms with E-state index in [2.05, 4.69) is 49.0 Å². The predicted octanol–water partition coefficient (Wildman–Crippen LogP) is 5.11. The Morgan fingerprint density at radius 1 is 1.09 bits per heavy atom. The topological polar surface area (TPSA) is 88.1 Å². The number of benzene rings is 3. The number of hydrogen-bond acceptors (Lipinski definition) is 5. The van der Waals surface area contributed by atoms with E-state index < -0.39 is 22.5 Å². The van der Waals surface area contributed by atoms with E-state index in [1.807, 2.05) is 31.2 Å². The maximum atomic E-state index is 13.5. The minimum Gasteiger partial charge on any atom is -0.496 e. The molecule has 0 saturated carbocycles. The standard InChI is InChI=1S/C24H23BrIN3O4S/c1-16-4-10-20(11-5-16)29(34(31,32)21-12-13-23(33-3)22(25)14-21)15-24(30)28-27-17(2)18-6-8-19(26)9-7-18/h4-14H,15H2,1-3H3,(H,28,30)/b27-17-. The number of methoxy groups -OCH3 is 1. The van der Waals surface area contributed by atoms with Crippen LogP contribution in [0.5, 0.6) is 5.75 Å². The molecule has 0 unspecified atom stereocenters. The molecule has 3 rings (SSSR count). The van der Waals surface area contributed by atoms with E-state index in [4.69, 9.17) is 4.74 Å². The number of aryl methyl sites for hydroxylation is 1. The number of ether oxygens (including phenoxy) is 1. The van der Waals surface area contributed by atoms with E-state index in [9.17, 15) is 13.2 Å². The highest BCUT2D eigenvalue weighted by atomic mass is 127. The van der Waals surface area contributed by atoms with Gasteiger partial charge in [-0.15, -0.1) is 0 Å². The Balaban J connectivity index is 1.89. The Bertz CT molecular complexity index is 1310. The number of sulfonamides is 1. The Labute approximate surface area is 221 Å². The van der Waals surface area contributed by atoms with Crippen LogP contribution in [0.1, 0.15) is 18.1 Å². The van der Waals surface area contributed by atoms with Crippen molar-refractivity contribution in [3.05, 3.63) is 85.9 Å². The van der Waals surface area contributed by atoms with Crippen LogP contribution in [0.4, 0.5) is 5.69 Å². The summed E-state index contributed by atoms with van der Waals surface area (Å²) in [5, 5.41) is 4.15. The molecule has 7 nitrogen and oxygen atoms in total. The number of rotatable bonds is 8. The van der Waals surface area contributed by atoms with Crippen LogP contribution < -0.4 is 14.5 Å². The van der Waals surface area contributed by atoms with Crippen LogP contribution >= 0.6 is 38.5 Å². The van der Waals surface area contributed by atoms with Crippen molar-refractivity contribution >= 4 is 65.9 Å². The number of carbonyl (C=O) groups excluding carboxylic acids is 1. The van der Waals surface area contributed by atoms with Gasteiger partial charge in [-0.1, -0.05) is 29.8 Å². The van der Waals surface area contributed by atoms with Gasteiger partial charge in [-0.2, -0.15) is 5.10 Å². The largest absolute Gasteiger partial charge is 0.496 e. The number of hydrogen-bond donors (Lipinski definition) is 1. The van der Waals surface area contributed by atoms with E-state index in [-0.39, 0.29) is 4.90 Å². The van der Waals surface area contributed by atoms with Gasteiger partial charge in [0.1, 0.15) is 12.3 Å². The van der Waals surface area contributed by atoms with E-state index in [1.165, 1.54) is 19.2 Å². The molecule has 3 aromatic carbocycles. The third-order valence-corrected chi connectivity index (χ3v) is 8.04. The summed E-state index contributed by atoms with van der Waals surface area (Å²) in [7, 11) is -2.57. The van der Waals surface area contributed by atoms with Crippen molar-refractivity contribution in [2.75, 3.05) is 18.0 Å². The van der Waals surface area contributed by atoms with E-state index in [0.717, 1.165) is 19.0 Å². The van der Waals surface area contributed by atoms with Crippen LogP contribution in [-0.2, 0) is 14.8 Å². The van der Waals surface area contributed by atoms with Crippen molar-refractivity contribution in [2.45, 2.75) is 18.7 Å². The molecular weight excluding hydrogens is 633 g/mol. The van der Waals surface area contributed by atoms with Gasteiger partial charge < -0.3 is 4.74 Å². The first-order valence-corrected chi connectivity index (χ1v) is 13.4. The first-order chi connectivity index (χ1) is 16.1. The van der Waals surface area contributed by atoms with Crippen LogP contribution in [0.25, 0.3) is 0 Å². The summed E-state index contributed by atoms with van der Waals surface area (Å²) in [6.07, 6.45) is 0. The molecule has 0 saturated heterocycles. The molecule has 0 bridgehead atoms. The Kier molecular flexibility index (Phi) is 8.72. The second-order valence-corrected chi connectivity index (χ2v) is 11.3. The second kappa shape index (κ2) is 11.3. The molecule has 0 aliphatic heterocycles. The number of anilines is 1. The normalized spacial score (nSPS) is 11.7. The molecule has 0 fully saturated rings. The van der Waals surface area contributed by atoms with Gasteiger partial charge in [0, 0.05) is 3.57 Å². The van der Waals surface area contributed by atoms with Gasteiger partial charge in [0.15, 0.2) is 0 Å². The van der Waals surface area contributed by atoms with Crippen molar-refractivity contribution < 1.29 is 17.9 Å². The third kappa shape index (κ3) is 6.36. The lowest BCUT2D eigenvalue weighted by Gasteiger charge is -2.24. The molecular formula is C24H23BrIN3O4S. The molecule has 178 valence electrons. The van der Waals surface area contributed by atoms with Crippen LogP contribution in [0.2, 0.25) is 0 Å². The van der Waals surface area contributed by atoms with Gasteiger partial charge in [-0.25, -0.2) is 13.8 Å². The predicted molar refractivity (Wildman–Crippen MR) is 146 cm³/mol. The zero-order chi connectivity index (χ0) is 24.9. The van der Waals surface area contributed by atoms with Gasteiger partial charge in [0.2, 0.25) is 0 Å². The first-order valence-electron chi connectivity index (χ1n) is 10.1. The summed E-state index contributed by atoms with van der Waals surface area (Å²) in [6.45, 7) is 3.22. The molecule has 34 heavy (non-hydrogen) atoms. The van der Waals surface area contributed by atoms with Crippen molar-refractivity contribution in [1.82, 2.24) is 5.43 Å². The minimum atomic E-state index is -4.07. The molecule has 1 N–H and O–H groups in total. The van der Waals surface area contributed by atoms with Crippen molar-refractivity contribution in [2.24, 2.45) is 5.10 Å². The fourth-order valence-electron chi connectivity index (χ4n) is 3.03. The molecule has 1 amide bonds. The number of halogens is 2. The van der Waals surface area contributed by atoms with Crippen molar-refractivity contribution in [1.29, 1.82) is 0 Å². The lowest BCUT2D eigenvalue weighted by atomic mass is 10.1. The third-order valence-electron chi connectivity index (χ3n) is 4.93. The second-order valence-electron chi connectivity index (χ2n) is 7.38. The number of nitrogens with one attached hydrogen (secondary N) is 1. The fourth-order valence-corrected chi connectivity index (χ4v) is 5.53. The maximum Gasteiger partial charge on any atom is 0.264 e. The van der Waals surface area contributed by atoms with Gasteiger partial charge in [-0.3, -0.25) is 9.10 Å². The molecule has 3 aromatic rings. The lowest BCUT2D eigenvalue weighted by molar-refractivity contribution is -0.119. The molecule has 0 aliphatic rings. The first kappa shape index (κ1) is 26.2. The molecule has 0 aliphatic carbocycles. The Morgan fingerprint density at radius 2 is 1.74 bits per heavy atom. The molecule has 10 heteroatoms. The summed E-state index contributed by atoms with van der Waals surface area (Å²) in [5.74, 6) is -0.0689. The van der Waals surface area contributed by atoms with Crippen molar-refractivity contribution in [3.8, 4) is 5.75 Å². The maximum absolute atomic E-state index is 13.5. The number of hydrazone groups is 1.